The van der Waals surface area contributed by atoms with Crippen molar-refractivity contribution in [1.29, 1.82) is 0 Å². The molecule has 3 aromatic rings. The molecule has 0 saturated carbocycles. The van der Waals surface area contributed by atoms with E-state index in [-0.39, 0.29) is 24.5 Å². The van der Waals surface area contributed by atoms with Crippen molar-refractivity contribution in [1.82, 2.24) is 4.90 Å². The highest BCUT2D eigenvalue weighted by Crippen LogP contribution is 2.40. The van der Waals surface area contributed by atoms with Crippen LogP contribution in [0, 0.1) is 0 Å². The molecule has 1 N–H and O–H groups in total. The molecule has 0 bridgehead atoms. The summed E-state index contributed by atoms with van der Waals surface area (Å²) in [5, 5.41) is 11.1. The first-order valence-electron chi connectivity index (χ1n) is 11.2. The predicted molar refractivity (Wildman–Crippen MR) is 131 cm³/mol. The highest BCUT2D eigenvalue weighted by molar-refractivity contribution is 6.46. The Morgan fingerprint density at radius 1 is 0.914 bits per heavy atom. The molecule has 1 aliphatic heterocycles. The number of carbonyl (C=O) groups is 2. The van der Waals surface area contributed by atoms with Crippen LogP contribution in [-0.4, -0.2) is 49.1 Å². The van der Waals surface area contributed by atoms with Crippen LogP contribution in [0.4, 0.5) is 0 Å². The van der Waals surface area contributed by atoms with Crippen LogP contribution in [0.2, 0.25) is 0 Å². The number of hydrogen-bond acceptors (Lipinski definition) is 6. The maximum atomic E-state index is 13.1. The molecule has 1 heterocycles. The maximum Gasteiger partial charge on any atom is 0.295 e. The summed E-state index contributed by atoms with van der Waals surface area (Å²) in [7, 11) is 3.05. The Morgan fingerprint density at radius 3 is 2.34 bits per heavy atom. The molecule has 7 nitrogen and oxygen atoms in total. The number of methoxy groups -OCH3 is 2. The molecule has 1 amide bonds. The van der Waals surface area contributed by atoms with Crippen molar-refractivity contribution in [3.63, 3.8) is 0 Å². The standard InChI is InChI=1S/C28H27NO6/c1-33-16-15-29-25(20-11-13-22(14-12-20)35-18-19-7-4-3-5-8-19)24(27(31)28(29)32)26(30)21-9-6-10-23(17-21)34-2/h3-14,17,25,30H,15-16,18H2,1-2H3/b26-24+. The van der Waals surface area contributed by atoms with Crippen molar-refractivity contribution < 1.29 is 28.9 Å². The van der Waals surface area contributed by atoms with E-state index in [4.69, 9.17) is 14.2 Å². The number of aliphatic hydroxyl groups excluding tert-OH is 1. The van der Waals surface area contributed by atoms with Crippen LogP contribution in [0.1, 0.15) is 22.7 Å². The Morgan fingerprint density at radius 2 is 1.66 bits per heavy atom. The molecule has 7 heteroatoms. The second kappa shape index (κ2) is 10.9. The van der Waals surface area contributed by atoms with Gasteiger partial charge in [-0.3, -0.25) is 9.59 Å². The molecule has 180 valence electrons. The number of amides is 1. The molecule has 0 spiro atoms. The second-order valence-corrected chi connectivity index (χ2v) is 8.06. The monoisotopic (exact) mass is 473 g/mol. The van der Waals surface area contributed by atoms with Gasteiger partial charge in [0.1, 0.15) is 23.9 Å². The lowest BCUT2D eigenvalue weighted by Gasteiger charge is -2.25. The first kappa shape index (κ1) is 24.0. The average molecular weight is 474 g/mol. The zero-order valence-corrected chi connectivity index (χ0v) is 19.6. The first-order chi connectivity index (χ1) is 17.0. The van der Waals surface area contributed by atoms with Crippen LogP contribution in [0.5, 0.6) is 11.5 Å². The van der Waals surface area contributed by atoms with E-state index in [0.29, 0.717) is 29.2 Å². The van der Waals surface area contributed by atoms with Crippen molar-refractivity contribution in [2.75, 3.05) is 27.4 Å². The number of aliphatic hydroxyl groups is 1. The molecule has 0 aliphatic carbocycles. The minimum atomic E-state index is -0.764. The predicted octanol–water partition coefficient (Wildman–Crippen LogP) is 4.34. The van der Waals surface area contributed by atoms with Crippen LogP contribution in [0.15, 0.2) is 84.4 Å². The molecular formula is C28H27NO6. The lowest BCUT2D eigenvalue weighted by Crippen LogP contribution is -2.32. The van der Waals surface area contributed by atoms with Gasteiger partial charge < -0.3 is 24.2 Å². The molecule has 1 saturated heterocycles. The van der Waals surface area contributed by atoms with Gasteiger partial charge in [0.25, 0.3) is 11.7 Å². The van der Waals surface area contributed by atoms with E-state index in [2.05, 4.69) is 0 Å². The second-order valence-electron chi connectivity index (χ2n) is 8.06. The SMILES string of the molecule is COCCN1C(=O)C(=O)/C(=C(/O)c2cccc(OC)c2)C1c1ccc(OCc2ccccc2)cc1. The molecule has 35 heavy (non-hydrogen) atoms. The summed E-state index contributed by atoms with van der Waals surface area (Å²) in [6.45, 7) is 0.871. The van der Waals surface area contributed by atoms with E-state index in [1.165, 1.54) is 19.1 Å². The van der Waals surface area contributed by atoms with Crippen molar-refractivity contribution in [2.24, 2.45) is 0 Å². The molecule has 0 aromatic heterocycles. The number of ketones is 1. The van der Waals surface area contributed by atoms with E-state index >= 15 is 0 Å². The fraction of sp³-hybridized carbons (Fsp3) is 0.214. The minimum Gasteiger partial charge on any atom is -0.507 e. The third-order valence-corrected chi connectivity index (χ3v) is 5.86. The van der Waals surface area contributed by atoms with Gasteiger partial charge in [-0.1, -0.05) is 54.6 Å². The van der Waals surface area contributed by atoms with Crippen LogP contribution in [0.25, 0.3) is 5.76 Å². The third-order valence-electron chi connectivity index (χ3n) is 5.86. The Hall–Kier alpha value is -4.10. The fourth-order valence-electron chi connectivity index (χ4n) is 4.06. The lowest BCUT2D eigenvalue weighted by molar-refractivity contribution is -0.140. The maximum absolute atomic E-state index is 13.1. The number of hydrogen-bond donors (Lipinski definition) is 1. The Balaban J connectivity index is 1.68. The Bertz CT molecular complexity index is 1220. The van der Waals surface area contributed by atoms with E-state index < -0.39 is 17.7 Å². The fourth-order valence-corrected chi connectivity index (χ4v) is 4.06. The van der Waals surface area contributed by atoms with E-state index in [0.717, 1.165) is 5.56 Å². The zero-order chi connectivity index (χ0) is 24.8. The van der Waals surface area contributed by atoms with Crippen molar-refractivity contribution in [3.8, 4) is 11.5 Å². The summed E-state index contributed by atoms with van der Waals surface area (Å²) in [6, 6.07) is 23.0. The molecule has 1 atom stereocenters. The van der Waals surface area contributed by atoms with E-state index in [9.17, 15) is 14.7 Å². The molecule has 3 aromatic carbocycles. The number of carbonyl (C=O) groups excluding carboxylic acids is 2. The number of benzene rings is 3. The topological polar surface area (TPSA) is 85.3 Å². The molecule has 1 aliphatic rings. The molecule has 1 unspecified atom stereocenters. The summed E-state index contributed by atoms with van der Waals surface area (Å²) in [6.07, 6.45) is 0. The van der Waals surface area contributed by atoms with Gasteiger partial charge in [0, 0.05) is 19.2 Å². The normalized spacial score (nSPS) is 17.0. The van der Waals surface area contributed by atoms with Crippen molar-refractivity contribution >= 4 is 17.4 Å². The van der Waals surface area contributed by atoms with Gasteiger partial charge in [0.05, 0.1) is 25.3 Å². The van der Waals surface area contributed by atoms with E-state index in [1.807, 2.05) is 30.3 Å². The van der Waals surface area contributed by atoms with Crippen LogP contribution >= 0.6 is 0 Å². The quantitative estimate of drug-likeness (QED) is 0.283. The van der Waals surface area contributed by atoms with Crippen molar-refractivity contribution in [3.05, 3.63) is 101 Å². The van der Waals surface area contributed by atoms with Gasteiger partial charge in [0.2, 0.25) is 0 Å². The number of nitrogens with zero attached hydrogens (tertiary/aromatic N) is 1. The summed E-state index contributed by atoms with van der Waals surface area (Å²) in [5.41, 5.74) is 2.14. The van der Waals surface area contributed by atoms with Gasteiger partial charge in [-0.25, -0.2) is 0 Å². The van der Waals surface area contributed by atoms with Crippen molar-refractivity contribution in [2.45, 2.75) is 12.6 Å². The number of Topliss-reactive ketones (excluding diaryl/α,β-unsaturated/α-hetero) is 1. The van der Waals surface area contributed by atoms with Crippen LogP contribution in [0.3, 0.4) is 0 Å². The Labute approximate surface area is 204 Å². The molecule has 0 radical (unpaired) electrons. The zero-order valence-electron chi connectivity index (χ0n) is 19.6. The average Bonchev–Trinajstić information content (AvgIpc) is 3.16. The summed E-state index contributed by atoms with van der Waals surface area (Å²) < 4.78 is 16.3. The van der Waals surface area contributed by atoms with Crippen LogP contribution < -0.4 is 9.47 Å². The smallest absolute Gasteiger partial charge is 0.295 e. The van der Waals surface area contributed by atoms with Gasteiger partial charge in [-0.15, -0.1) is 0 Å². The highest BCUT2D eigenvalue weighted by Gasteiger charge is 2.45. The third kappa shape index (κ3) is 5.20. The number of likely N-dealkylation sites (tertiary alicyclic amines) is 1. The highest BCUT2D eigenvalue weighted by atomic mass is 16.5. The largest absolute Gasteiger partial charge is 0.507 e. The summed E-state index contributed by atoms with van der Waals surface area (Å²) >= 11 is 0. The minimum absolute atomic E-state index is 0.0253. The van der Waals surface area contributed by atoms with Gasteiger partial charge in [0.15, 0.2) is 0 Å². The molecule has 4 rings (SSSR count). The van der Waals surface area contributed by atoms with Gasteiger partial charge in [-0.05, 0) is 35.4 Å². The Kier molecular flexibility index (Phi) is 7.48. The molecule has 1 fully saturated rings. The summed E-state index contributed by atoms with van der Waals surface area (Å²) in [5.74, 6) is -0.494. The number of ether oxygens (including phenoxy) is 3. The number of rotatable bonds is 9. The first-order valence-corrected chi connectivity index (χ1v) is 11.2. The van der Waals surface area contributed by atoms with Gasteiger partial charge >= 0.3 is 0 Å². The lowest BCUT2D eigenvalue weighted by atomic mass is 9.95. The summed E-state index contributed by atoms with van der Waals surface area (Å²) in [4.78, 5) is 27.4. The van der Waals surface area contributed by atoms with Crippen LogP contribution in [-0.2, 0) is 20.9 Å². The van der Waals surface area contributed by atoms with E-state index in [1.54, 1.807) is 48.5 Å². The molecular weight excluding hydrogens is 446 g/mol. The van der Waals surface area contributed by atoms with Gasteiger partial charge in [-0.2, -0.15) is 0 Å².